The Labute approximate surface area is 155 Å². The van der Waals surface area contributed by atoms with E-state index in [4.69, 9.17) is 0 Å². The lowest BCUT2D eigenvalue weighted by molar-refractivity contribution is -0.137. The monoisotopic (exact) mass is 355 g/mol. The molecule has 1 aliphatic carbocycles. The second kappa shape index (κ2) is 7.39. The summed E-state index contributed by atoms with van der Waals surface area (Å²) in [6.07, 6.45) is 5.68. The average molecular weight is 355 g/mol. The van der Waals surface area contributed by atoms with Crippen LogP contribution in [-0.2, 0) is 9.59 Å². The number of hydrogen-bond acceptors (Lipinski definition) is 3. The maximum atomic E-state index is 12.9. The summed E-state index contributed by atoms with van der Waals surface area (Å²) in [5.74, 6) is 0.0395. The van der Waals surface area contributed by atoms with Crippen molar-refractivity contribution in [2.45, 2.75) is 45.1 Å². The number of hydrogen-bond donors (Lipinski definition) is 0. The van der Waals surface area contributed by atoms with E-state index in [1.165, 1.54) is 31.2 Å². The number of nitrogens with zero attached hydrogens (tertiary/aromatic N) is 3. The number of rotatable bonds is 3. The van der Waals surface area contributed by atoms with Gasteiger partial charge in [-0.25, -0.2) is 0 Å². The van der Waals surface area contributed by atoms with E-state index in [9.17, 15) is 9.59 Å². The van der Waals surface area contributed by atoms with Gasteiger partial charge in [0.1, 0.15) is 0 Å². The smallest absolute Gasteiger partial charge is 0.228 e. The molecule has 5 heteroatoms. The van der Waals surface area contributed by atoms with Gasteiger partial charge in [-0.1, -0.05) is 30.5 Å². The van der Waals surface area contributed by atoms with Crippen LogP contribution in [0, 0.1) is 12.8 Å². The highest BCUT2D eigenvalue weighted by Gasteiger charge is 2.38. The number of piperazine rings is 1. The van der Waals surface area contributed by atoms with Gasteiger partial charge < -0.3 is 9.80 Å². The summed E-state index contributed by atoms with van der Waals surface area (Å²) in [7, 11) is 0. The van der Waals surface area contributed by atoms with Crippen molar-refractivity contribution in [1.82, 2.24) is 9.80 Å². The molecule has 1 atom stereocenters. The first-order chi connectivity index (χ1) is 12.6. The Morgan fingerprint density at radius 1 is 1.00 bits per heavy atom. The molecule has 3 fully saturated rings. The highest BCUT2D eigenvalue weighted by atomic mass is 16.2. The lowest BCUT2D eigenvalue weighted by Crippen LogP contribution is -2.52. The van der Waals surface area contributed by atoms with Crippen molar-refractivity contribution < 1.29 is 9.59 Å². The molecule has 0 N–H and O–H groups in total. The molecule has 0 radical (unpaired) electrons. The van der Waals surface area contributed by atoms with Crippen LogP contribution < -0.4 is 4.90 Å². The third-order valence-electron chi connectivity index (χ3n) is 6.29. The predicted octanol–water partition coefficient (Wildman–Crippen LogP) is 2.43. The van der Waals surface area contributed by atoms with E-state index in [0.29, 0.717) is 13.0 Å². The van der Waals surface area contributed by atoms with Crippen LogP contribution in [0.3, 0.4) is 0 Å². The minimum absolute atomic E-state index is 0.0665. The van der Waals surface area contributed by atoms with Crippen LogP contribution in [0.5, 0.6) is 0 Å². The van der Waals surface area contributed by atoms with Gasteiger partial charge in [-0.3, -0.25) is 14.5 Å². The molecular formula is C21H29N3O2. The second-order valence-electron chi connectivity index (χ2n) is 8.04. The zero-order chi connectivity index (χ0) is 18.1. The fraction of sp³-hybridized carbons (Fsp3) is 0.619. The second-order valence-corrected chi connectivity index (χ2v) is 8.04. The summed E-state index contributed by atoms with van der Waals surface area (Å²) in [5, 5.41) is 0. The van der Waals surface area contributed by atoms with Crippen LogP contribution in [0.1, 0.15) is 37.7 Å². The topological polar surface area (TPSA) is 43.9 Å². The summed E-state index contributed by atoms with van der Waals surface area (Å²) >= 11 is 0. The van der Waals surface area contributed by atoms with Crippen molar-refractivity contribution in [3.8, 4) is 0 Å². The Morgan fingerprint density at radius 3 is 2.31 bits per heavy atom. The van der Waals surface area contributed by atoms with Crippen molar-refractivity contribution in [3.05, 3.63) is 29.8 Å². The summed E-state index contributed by atoms with van der Waals surface area (Å²) in [6, 6.07) is 8.71. The lowest BCUT2D eigenvalue weighted by atomic mass is 10.1. The molecule has 1 aromatic carbocycles. The van der Waals surface area contributed by atoms with Gasteiger partial charge in [-0.2, -0.15) is 0 Å². The zero-order valence-electron chi connectivity index (χ0n) is 15.7. The average Bonchev–Trinajstić information content (AvgIpc) is 3.32. The van der Waals surface area contributed by atoms with Crippen LogP contribution >= 0.6 is 0 Å². The molecule has 0 aromatic heterocycles. The molecule has 2 amide bonds. The first-order valence-corrected chi connectivity index (χ1v) is 10.0. The Balaban J connectivity index is 1.34. The molecule has 0 spiro atoms. The van der Waals surface area contributed by atoms with Crippen molar-refractivity contribution in [2.24, 2.45) is 5.92 Å². The first-order valence-electron chi connectivity index (χ1n) is 10.0. The van der Waals surface area contributed by atoms with Crippen LogP contribution in [0.25, 0.3) is 0 Å². The van der Waals surface area contributed by atoms with E-state index in [2.05, 4.69) is 4.90 Å². The number of amides is 2. The fourth-order valence-electron chi connectivity index (χ4n) is 4.68. The van der Waals surface area contributed by atoms with Gasteiger partial charge in [0.05, 0.1) is 5.92 Å². The zero-order valence-corrected chi connectivity index (χ0v) is 15.7. The largest absolute Gasteiger partial charge is 0.340 e. The number of carbonyl (C=O) groups excluding carboxylic acids is 2. The van der Waals surface area contributed by atoms with Gasteiger partial charge in [-0.15, -0.1) is 0 Å². The van der Waals surface area contributed by atoms with Gasteiger partial charge in [0.2, 0.25) is 11.8 Å². The molecule has 1 aromatic rings. The van der Waals surface area contributed by atoms with Gasteiger partial charge in [0.25, 0.3) is 0 Å². The maximum absolute atomic E-state index is 12.9. The first kappa shape index (κ1) is 17.5. The molecule has 4 rings (SSSR count). The fourth-order valence-corrected chi connectivity index (χ4v) is 4.68. The Morgan fingerprint density at radius 2 is 1.65 bits per heavy atom. The molecule has 2 saturated heterocycles. The summed E-state index contributed by atoms with van der Waals surface area (Å²) < 4.78 is 0. The molecule has 1 unspecified atom stereocenters. The Bertz CT molecular complexity index is 658. The van der Waals surface area contributed by atoms with Gasteiger partial charge in [0.15, 0.2) is 0 Å². The standard InChI is InChI=1S/C21H29N3O2/c1-16-6-8-19(9-7-16)24-15-17(14-20(24)25)21(26)23-12-10-22(11-13-23)18-4-2-3-5-18/h6-9,17-18H,2-5,10-15H2,1H3. The minimum atomic E-state index is -0.193. The minimum Gasteiger partial charge on any atom is -0.340 e. The Hall–Kier alpha value is -1.88. The van der Waals surface area contributed by atoms with E-state index < -0.39 is 0 Å². The van der Waals surface area contributed by atoms with E-state index in [0.717, 1.165) is 37.9 Å². The van der Waals surface area contributed by atoms with E-state index >= 15 is 0 Å². The highest BCUT2D eigenvalue weighted by Crippen LogP contribution is 2.28. The molecule has 1 saturated carbocycles. The van der Waals surface area contributed by atoms with Crippen LogP contribution in [-0.4, -0.2) is 60.4 Å². The summed E-state index contributed by atoms with van der Waals surface area (Å²) in [5.41, 5.74) is 2.08. The van der Waals surface area contributed by atoms with Gasteiger partial charge in [-0.05, 0) is 31.9 Å². The van der Waals surface area contributed by atoms with Crippen molar-refractivity contribution >= 4 is 17.5 Å². The highest BCUT2D eigenvalue weighted by molar-refractivity contribution is 6.00. The van der Waals surface area contributed by atoms with Crippen molar-refractivity contribution in [3.63, 3.8) is 0 Å². The number of aryl methyl sites for hydroxylation is 1. The van der Waals surface area contributed by atoms with E-state index in [1.54, 1.807) is 4.90 Å². The maximum Gasteiger partial charge on any atom is 0.228 e. The van der Waals surface area contributed by atoms with Crippen LogP contribution in [0.15, 0.2) is 24.3 Å². The third-order valence-corrected chi connectivity index (χ3v) is 6.29. The van der Waals surface area contributed by atoms with Crippen LogP contribution in [0.4, 0.5) is 5.69 Å². The molecular weight excluding hydrogens is 326 g/mol. The summed E-state index contributed by atoms with van der Waals surface area (Å²) in [4.78, 5) is 31.7. The number of benzene rings is 1. The normalized spacial score (nSPS) is 25.3. The lowest BCUT2D eigenvalue weighted by Gasteiger charge is -2.38. The molecule has 26 heavy (non-hydrogen) atoms. The van der Waals surface area contributed by atoms with E-state index in [1.807, 2.05) is 36.1 Å². The molecule has 2 heterocycles. The van der Waals surface area contributed by atoms with Crippen molar-refractivity contribution in [2.75, 3.05) is 37.6 Å². The predicted molar refractivity (Wildman–Crippen MR) is 102 cm³/mol. The summed E-state index contributed by atoms with van der Waals surface area (Å²) in [6.45, 7) is 6.14. The van der Waals surface area contributed by atoms with Crippen molar-refractivity contribution in [1.29, 1.82) is 0 Å². The van der Waals surface area contributed by atoms with Gasteiger partial charge >= 0.3 is 0 Å². The quantitative estimate of drug-likeness (QED) is 0.836. The molecule has 3 aliphatic rings. The third kappa shape index (κ3) is 3.50. The number of anilines is 1. The molecule has 140 valence electrons. The Kier molecular flexibility index (Phi) is 4.98. The number of carbonyl (C=O) groups is 2. The SMILES string of the molecule is Cc1ccc(N2CC(C(=O)N3CCN(C4CCCC4)CC3)CC2=O)cc1. The molecule has 5 nitrogen and oxygen atoms in total. The van der Waals surface area contributed by atoms with Gasteiger partial charge in [0, 0.05) is 50.9 Å². The van der Waals surface area contributed by atoms with Crippen LogP contribution in [0.2, 0.25) is 0 Å². The molecule has 2 aliphatic heterocycles. The molecule has 0 bridgehead atoms. The van der Waals surface area contributed by atoms with E-state index in [-0.39, 0.29) is 17.7 Å².